The summed E-state index contributed by atoms with van der Waals surface area (Å²) in [7, 11) is 0. The molecule has 0 amide bonds. The van der Waals surface area contributed by atoms with E-state index in [1.165, 1.54) is 22.5 Å². The molecule has 0 bridgehead atoms. The van der Waals surface area contributed by atoms with Gasteiger partial charge in [-0.1, -0.05) is 39.8 Å². The van der Waals surface area contributed by atoms with Crippen LogP contribution in [0.25, 0.3) is 0 Å². The maximum atomic E-state index is 4.48. The molecule has 0 saturated carbocycles. The van der Waals surface area contributed by atoms with Crippen molar-refractivity contribution in [1.29, 1.82) is 0 Å². The van der Waals surface area contributed by atoms with E-state index in [0.29, 0.717) is 23.8 Å². The molecular weight excluding hydrogens is 320 g/mol. The summed E-state index contributed by atoms with van der Waals surface area (Å²) in [6.45, 7) is 12.1. The van der Waals surface area contributed by atoms with Crippen molar-refractivity contribution in [3.8, 4) is 0 Å². The minimum atomic E-state index is 0.449. The number of aromatic nitrogens is 2. The van der Waals surface area contributed by atoms with Crippen molar-refractivity contribution in [1.82, 2.24) is 20.6 Å². The molecule has 2 atom stereocenters. The quantitative estimate of drug-likeness (QED) is 0.862. The van der Waals surface area contributed by atoms with Crippen LogP contribution < -0.4 is 10.6 Å². The van der Waals surface area contributed by atoms with Gasteiger partial charge in [0, 0.05) is 37.1 Å². The predicted molar refractivity (Wildman–Crippen MR) is 107 cm³/mol. The van der Waals surface area contributed by atoms with Crippen molar-refractivity contribution in [3.05, 3.63) is 59.2 Å². The Bertz CT molecular complexity index is 649. The van der Waals surface area contributed by atoms with E-state index in [2.05, 4.69) is 60.4 Å². The highest BCUT2D eigenvalue weighted by Crippen LogP contribution is 2.28. The lowest BCUT2D eigenvalue weighted by Gasteiger charge is -2.28. The highest BCUT2D eigenvalue weighted by molar-refractivity contribution is 5.27. The molecular formula is C22H32N4. The van der Waals surface area contributed by atoms with Crippen LogP contribution in [0.1, 0.15) is 62.2 Å². The van der Waals surface area contributed by atoms with Gasteiger partial charge in [-0.15, -0.1) is 0 Å². The Morgan fingerprint density at radius 2 is 1.62 bits per heavy atom. The molecule has 0 radical (unpaired) electrons. The van der Waals surface area contributed by atoms with Gasteiger partial charge >= 0.3 is 0 Å². The Morgan fingerprint density at radius 1 is 0.923 bits per heavy atom. The van der Waals surface area contributed by atoms with Gasteiger partial charge in [-0.2, -0.15) is 0 Å². The number of hydrogen-bond acceptors (Lipinski definition) is 4. The van der Waals surface area contributed by atoms with Crippen LogP contribution in [-0.2, 0) is 13.0 Å². The molecule has 140 valence electrons. The van der Waals surface area contributed by atoms with Gasteiger partial charge in [-0.25, -0.2) is 0 Å². The maximum absolute atomic E-state index is 4.48. The fourth-order valence-electron chi connectivity index (χ4n) is 3.90. The van der Waals surface area contributed by atoms with E-state index in [1.807, 2.05) is 24.5 Å². The lowest BCUT2D eigenvalue weighted by molar-refractivity contribution is 0.386. The van der Waals surface area contributed by atoms with Crippen molar-refractivity contribution in [3.63, 3.8) is 0 Å². The summed E-state index contributed by atoms with van der Waals surface area (Å²) in [5, 5.41) is 6.94. The summed E-state index contributed by atoms with van der Waals surface area (Å²) in [6.07, 6.45) is 4.91. The Morgan fingerprint density at radius 3 is 2.31 bits per heavy atom. The number of pyridine rings is 2. The Balaban J connectivity index is 0.000000151. The highest BCUT2D eigenvalue weighted by Gasteiger charge is 2.23. The van der Waals surface area contributed by atoms with Crippen LogP contribution in [0.2, 0.25) is 0 Å². The number of nitrogens with zero attached hydrogens (tertiary/aromatic N) is 2. The second-order valence-corrected chi connectivity index (χ2v) is 8.00. The van der Waals surface area contributed by atoms with Crippen molar-refractivity contribution in [2.75, 3.05) is 13.1 Å². The van der Waals surface area contributed by atoms with Gasteiger partial charge in [0.25, 0.3) is 0 Å². The van der Waals surface area contributed by atoms with Gasteiger partial charge in [-0.3, -0.25) is 9.97 Å². The maximum Gasteiger partial charge on any atom is 0.0608 e. The SMILES string of the molecule is CC(C)C1CNCc2cccnc21.CC(C)C1NCCc2cccnc21. The minimum absolute atomic E-state index is 0.449. The van der Waals surface area contributed by atoms with E-state index in [1.54, 1.807) is 0 Å². The van der Waals surface area contributed by atoms with Gasteiger partial charge in [0.15, 0.2) is 0 Å². The summed E-state index contributed by atoms with van der Waals surface area (Å²) < 4.78 is 0. The van der Waals surface area contributed by atoms with E-state index >= 15 is 0 Å². The largest absolute Gasteiger partial charge is 0.312 e. The number of fused-ring (bicyclic) bond motifs is 2. The van der Waals surface area contributed by atoms with E-state index in [9.17, 15) is 0 Å². The molecule has 2 unspecified atom stereocenters. The van der Waals surface area contributed by atoms with Crippen molar-refractivity contribution < 1.29 is 0 Å². The second-order valence-electron chi connectivity index (χ2n) is 8.00. The van der Waals surface area contributed by atoms with Gasteiger partial charge in [0.2, 0.25) is 0 Å². The molecule has 4 rings (SSSR count). The molecule has 4 heteroatoms. The zero-order valence-electron chi connectivity index (χ0n) is 16.5. The van der Waals surface area contributed by atoms with Crippen LogP contribution in [0.3, 0.4) is 0 Å². The third kappa shape index (κ3) is 4.30. The zero-order chi connectivity index (χ0) is 18.5. The average molecular weight is 353 g/mol. The van der Waals surface area contributed by atoms with E-state index < -0.39 is 0 Å². The van der Waals surface area contributed by atoms with Crippen LogP contribution in [0.15, 0.2) is 36.7 Å². The monoisotopic (exact) mass is 352 g/mol. The molecule has 2 aromatic heterocycles. The second kappa shape index (κ2) is 8.74. The first-order valence-electron chi connectivity index (χ1n) is 9.89. The molecule has 4 heterocycles. The molecule has 0 aromatic carbocycles. The number of nitrogens with one attached hydrogen (secondary N) is 2. The average Bonchev–Trinajstić information content (AvgIpc) is 2.67. The fourth-order valence-corrected chi connectivity index (χ4v) is 3.90. The van der Waals surface area contributed by atoms with Crippen LogP contribution in [0.4, 0.5) is 0 Å². The summed E-state index contributed by atoms with van der Waals surface area (Å²) >= 11 is 0. The van der Waals surface area contributed by atoms with Crippen molar-refractivity contribution >= 4 is 0 Å². The standard InChI is InChI=1S/2C11H16N2/c1-8(2)10-11-9(5-7-13-10)4-3-6-12-11;1-8(2)10-7-12-6-9-4-3-5-13-11(9)10/h3-4,6,8,10,13H,5,7H2,1-2H3;3-5,8,10,12H,6-7H2,1-2H3. The van der Waals surface area contributed by atoms with Crippen molar-refractivity contribution in [2.24, 2.45) is 11.8 Å². The predicted octanol–water partition coefficient (Wildman–Crippen LogP) is 3.85. The highest BCUT2D eigenvalue weighted by atomic mass is 15.0. The van der Waals surface area contributed by atoms with E-state index in [-0.39, 0.29) is 0 Å². The van der Waals surface area contributed by atoms with Gasteiger partial charge in [0.05, 0.1) is 11.7 Å². The molecule has 0 aliphatic carbocycles. The third-order valence-electron chi connectivity index (χ3n) is 5.41. The first-order valence-corrected chi connectivity index (χ1v) is 9.89. The van der Waals surface area contributed by atoms with Crippen molar-refractivity contribution in [2.45, 2.75) is 52.6 Å². The van der Waals surface area contributed by atoms with Gasteiger partial charge in [0.1, 0.15) is 0 Å². The third-order valence-corrected chi connectivity index (χ3v) is 5.41. The Labute approximate surface area is 157 Å². The van der Waals surface area contributed by atoms with E-state index in [4.69, 9.17) is 0 Å². The number of hydrogen-bond donors (Lipinski definition) is 2. The molecule has 2 aromatic rings. The van der Waals surface area contributed by atoms with E-state index in [0.717, 1.165) is 26.1 Å². The summed E-state index contributed by atoms with van der Waals surface area (Å²) in [5.41, 5.74) is 5.34. The first kappa shape index (κ1) is 19.0. The zero-order valence-corrected chi connectivity index (χ0v) is 16.5. The minimum Gasteiger partial charge on any atom is -0.312 e. The summed E-state index contributed by atoms with van der Waals surface area (Å²) in [6, 6.07) is 8.86. The first-order chi connectivity index (χ1) is 12.6. The normalized spacial score (nSPS) is 21.6. The molecule has 2 N–H and O–H groups in total. The lowest BCUT2D eigenvalue weighted by atomic mass is 9.87. The molecule has 2 aliphatic heterocycles. The van der Waals surface area contributed by atoms with Crippen LogP contribution in [0, 0.1) is 11.8 Å². The molecule has 0 saturated heterocycles. The van der Waals surface area contributed by atoms with Gasteiger partial charge in [-0.05, 0) is 48.1 Å². The fraction of sp³-hybridized carbons (Fsp3) is 0.545. The molecule has 0 spiro atoms. The smallest absolute Gasteiger partial charge is 0.0608 e. The van der Waals surface area contributed by atoms with Crippen LogP contribution in [-0.4, -0.2) is 23.1 Å². The van der Waals surface area contributed by atoms with Gasteiger partial charge < -0.3 is 10.6 Å². The topological polar surface area (TPSA) is 49.8 Å². The molecule has 0 fully saturated rings. The summed E-state index contributed by atoms with van der Waals surface area (Å²) in [5.74, 6) is 1.88. The van der Waals surface area contributed by atoms with Crippen LogP contribution >= 0.6 is 0 Å². The molecule has 2 aliphatic rings. The Hall–Kier alpha value is -1.78. The Kier molecular flexibility index (Phi) is 6.38. The van der Waals surface area contributed by atoms with Crippen LogP contribution in [0.5, 0.6) is 0 Å². The lowest BCUT2D eigenvalue weighted by Crippen LogP contribution is -2.33. The summed E-state index contributed by atoms with van der Waals surface area (Å²) in [4.78, 5) is 8.94. The molecule has 26 heavy (non-hydrogen) atoms. The number of rotatable bonds is 2. The molecule has 4 nitrogen and oxygen atoms in total.